The third-order valence-corrected chi connectivity index (χ3v) is 1.70. The normalized spacial score (nSPS) is 13.9. The van der Waals surface area contributed by atoms with Crippen molar-refractivity contribution in [2.45, 2.75) is 15.8 Å². The fraction of sp³-hybridized carbons (Fsp3) is 0.750. The van der Waals surface area contributed by atoms with Crippen LogP contribution in [-0.4, -0.2) is 68.7 Å². The lowest BCUT2D eigenvalue weighted by Crippen LogP contribution is -2.55. The van der Waals surface area contributed by atoms with Crippen molar-refractivity contribution in [1.82, 2.24) is 0 Å². The predicted molar refractivity (Wildman–Crippen MR) is 52.5 cm³/mol. The summed E-state index contributed by atoms with van der Waals surface area (Å²) in [5.41, 5.74) is 0. The lowest BCUT2D eigenvalue weighted by Gasteiger charge is -2.50. The molecule has 0 aliphatic heterocycles. The van der Waals surface area contributed by atoms with E-state index in [9.17, 15) is 4.79 Å². The fourth-order valence-electron chi connectivity index (χ4n) is 0.508. The number of carboxylic acids is 1. The Morgan fingerprint density at radius 2 is 1.31 bits per heavy atom. The average Bonchev–Trinajstić information content (AvgIpc) is 1.84. The van der Waals surface area contributed by atoms with Gasteiger partial charge >= 0.3 is 0 Å². The Morgan fingerprint density at radius 1 is 1.00 bits per heavy atom. The molecule has 0 spiro atoms. The SMILES string of the molecule is [B]C([B])(O)C([B])([B])C([B])([B])C(=O)O. The maximum Gasteiger partial charge on any atom is 0.291 e. The van der Waals surface area contributed by atoms with E-state index < -0.39 is 21.8 Å². The fourth-order valence-corrected chi connectivity index (χ4v) is 0.508. The molecule has 0 bridgehead atoms. The minimum Gasteiger partial charge on any atom is -0.482 e. The van der Waals surface area contributed by atoms with Crippen molar-refractivity contribution in [3.05, 3.63) is 0 Å². The number of hydrogen-bond acceptors (Lipinski definition) is 2. The Bertz CT molecular complexity index is 218. The summed E-state index contributed by atoms with van der Waals surface area (Å²) in [7, 11) is 30.1. The molecule has 12 radical (unpaired) electrons. The number of carbonyl (C=O) groups is 1. The van der Waals surface area contributed by atoms with Crippen LogP contribution in [0.1, 0.15) is 0 Å². The standard InChI is InChI=1S/C4H2B6O3/c5-2(6,1(11)12)3(7,8)4(9,10)13/h13H,(H,11,12). The largest absolute Gasteiger partial charge is 0.482 e. The summed E-state index contributed by atoms with van der Waals surface area (Å²) in [6.07, 6.45) is 0. The quantitative estimate of drug-likeness (QED) is 0.435. The van der Waals surface area contributed by atoms with E-state index in [-0.39, 0.29) is 0 Å². The highest BCUT2D eigenvalue weighted by molar-refractivity contribution is 6.65. The van der Waals surface area contributed by atoms with Crippen LogP contribution in [0.2, 0.25) is 10.4 Å². The number of aliphatic carboxylic acids is 1. The molecule has 0 aromatic heterocycles. The monoisotopic (exact) mass is 164 g/mol. The van der Waals surface area contributed by atoms with Gasteiger partial charge in [0.15, 0.2) is 0 Å². The molecule has 0 amide bonds. The first kappa shape index (κ1) is 12.8. The second-order valence-corrected chi connectivity index (χ2v) is 2.87. The Balaban J connectivity index is 5.16. The van der Waals surface area contributed by atoms with Gasteiger partial charge in [-0.2, -0.15) is 0 Å². The van der Waals surface area contributed by atoms with E-state index in [0.29, 0.717) is 0 Å². The van der Waals surface area contributed by atoms with Gasteiger partial charge in [0.1, 0.15) is 0 Å². The number of carboxylic acid groups (broad SMARTS) is 1. The van der Waals surface area contributed by atoms with Crippen LogP contribution in [0.5, 0.6) is 0 Å². The van der Waals surface area contributed by atoms with E-state index in [1.165, 1.54) is 0 Å². The van der Waals surface area contributed by atoms with Gasteiger partial charge in [-0.15, -0.1) is 0 Å². The van der Waals surface area contributed by atoms with Crippen LogP contribution in [0, 0.1) is 0 Å². The first-order chi connectivity index (χ1) is 5.44. The van der Waals surface area contributed by atoms with Crippen molar-refractivity contribution < 1.29 is 15.0 Å². The highest BCUT2D eigenvalue weighted by atomic mass is 16.4. The maximum absolute atomic E-state index is 10.5. The Morgan fingerprint density at radius 3 is 1.38 bits per heavy atom. The van der Waals surface area contributed by atoms with Crippen molar-refractivity contribution in [1.29, 1.82) is 0 Å². The first-order valence-corrected chi connectivity index (χ1v) is 3.13. The molecule has 0 atom stereocenters. The van der Waals surface area contributed by atoms with Gasteiger partial charge in [-0.05, 0) is 10.6 Å². The van der Waals surface area contributed by atoms with Crippen LogP contribution in [0.3, 0.4) is 0 Å². The highest BCUT2D eigenvalue weighted by Crippen LogP contribution is 2.47. The molecule has 0 aromatic carbocycles. The van der Waals surface area contributed by atoms with E-state index in [1.54, 1.807) is 0 Å². The number of hydrogen-bond donors (Lipinski definition) is 2. The van der Waals surface area contributed by atoms with Gasteiger partial charge < -0.3 is 10.2 Å². The summed E-state index contributed by atoms with van der Waals surface area (Å²) < 4.78 is 0. The van der Waals surface area contributed by atoms with Crippen LogP contribution < -0.4 is 0 Å². The zero-order chi connectivity index (χ0) is 11.1. The van der Waals surface area contributed by atoms with Gasteiger partial charge in [0, 0.05) is 0 Å². The highest BCUT2D eigenvalue weighted by Gasteiger charge is 2.48. The second-order valence-electron chi connectivity index (χ2n) is 2.87. The lowest BCUT2D eigenvalue weighted by molar-refractivity contribution is -0.139. The third-order valence-electron chi connectivity index (χ3n) is 1.70. The summed E-state index contributed by atoms with van der Waals surface area (Å²) in [6.45, 7) is 0. The smallest absolute Gasteiger partial charge is 0.291 e. The van der Waals surface area contributed by atoms with Gasteiger partial charge in [0.2, 0.25) is 0 Å². The molecular formula is C4H2B6O3. The molecule has 9 heteroatoms. The average molecular weight is 163 g/mol. The van der Waals surface area contributed by atoms with Crippen molar-refractivity contribution in [3.8, 4) is 0 Å². The molecule has 0 saturated heterocycles. The summed E-state index contributed by atoms with van der Waals surface area (Å²) >= 11 is 0. The molecular weight excluding hydrogens is 161 g/mol. The van der Waals surface area contributed by atoms with E-state index in [1.807, 2.05) is 0 Å². The topological polar surface area (TPSA) is 57.5 Å². The number of rotatable bonds is 3. The lowest BCUT2D eigenvalue weighted by atomic mass is 9.21. The van der Waals surface area contributed by atoms with Gasteiger partial charge in [0.05, 0.1) is 47.1 Å². The molecule has 2 N–H and O–H groups in total. The van der Waals surface area contributed by atoms with Crippen molar-refractivity contribution in [3.63, 3.8) is 0 Å². The molecule has 0 aromatic rings. The zero-order valence-electron chi connectivity index (χ0n) is 6.77. The summed E-state index contributed by atoms with van der Waals surface area (Å²) in [5, 5.41) is 9.58. The first-order valence-electron chi connectivity index (χ1n) is 3.13. The minimum atomic E-state index is -2.71. The molecule has 0 aliphatic rings. The Hall–Kier alpha value is -0.180. The van der Waals surface area contributed by atoms with E-state index in [4.69, 9.17) is 57.3 Å². The van der Waals surface area contributed by atoms with Crippen molar-refractivity contribution in [2.75, 3.05) is 0 Å². The molecule has 0 rings (SSSR count). The molecule has 3 nitrogen and oxygen atoms in total. The number of aliphatic hydroxyl groups is 1. The molecule has 0 saturated carbocycles. The summed E-state index contributed by atoms with van der Waals surface area (Å²) in [4.78, 5) is 10.5. The van der Waals surface area contributed by atoms with Gasteiger partial charge in [-0.1, -0.05) is 5.21 Å². The third kappa shape index (κ3) is 2.01. The van der Waals surface area contributed by atoms with Gasteiger partial charge in [-0.25, -0.2) is 0 Å². The summed E-state index contributed by atoms with van der Waals surface area (Å²) in [6, 6.07) is 0. The maximum atomic E-state index is 10.5. The minimum absolute atomic E-state index is 1.74. The van der Waals surface area contributed by atoms with Crippen LogP contribution in [0.4, 0.5) is 0 Å². The molecule has 0 fully saturated rings. The van der Waals surface area contributed by atoms with Crippen molar-refractivity contribution >= 4 is 53.0 Å². The van der Waals surface area contributed by atoms with Crippen LogP contribution >= 0.6 is 0 Å². The van der Waals surface area contributed by atoms with Gasteiger partial charge in [-0.3, -0.25) is 4.79 Å². The molecule has 0 unspecified atom stereocenters. The molecule has 0 heterocycles. The van der Waals surface area contributed by atoms with E-state index >= 15 is 0 Å². The molecule has 54 valence electrons. The van der Waals surface area contributed by atoms with Gasteiger partial charge in [0.25, 0.3) is 5.97 Å². The van der Waals surface area contributed by atoms with Crippen LogP contribution in [0.15, 0.2) is 0 Å². The Labute approximate surface area is 84.5 Å². The van der Waals surface area contributed by atoms with Crippen molar-refractivity contribution in [2.24, 2.45) is 0 Å². The van der Waals surface area contributed by atoms with E-state index in [0.717, 1.165) is 0 Å². The molecule has 0 aliphatic carbocycles. The van der Waals surface area contributed by atoms with E-state index in [2.05, 4.69) is 0 Å². The zero-order valence-corrected chi connectivity index (χ0v) is 6.77. The van der Waals surface area contributed by atoms with Crippen LogP contribution in [0.25, 0.3) is 0 Å². The second kappa shape index (κ2) is 3.19. The predicted octanol–water partition coefficient (Wildman–Crippen LogP) is -3.04. The summed E-state index contributed by atoms with van der Waals surface area (Å²) in [5.74, 6) is -1.74. The molecule has 13 heavy (non-hydrogen) atoms. The Kier molecular flexibility index (Phi) is 3.15. The van der Waals surface area contributed by atoms with Crippen LogP contribution in [-0.2, 0) is 4.79 Å².